The molecular weight excluding hydrogens is 214 g/mol. The molecule has 3 unspecified atom stereocenters. The van der Waals surface area contributed by atoms with Crippen LogP contribution in [0.4, 0.5) is 0 Å². The van der Waals surface area contributed by atoms with Crippen LogP contribution in [0.5, 0.6) is 0 Å². The number of hydrogen-bond acceptors (Lipinski definition) is 4. The van der Waals surface area contributed by atoms with Gasteiger partial charge in [-0.2, -0.15) is 11.8 Å². The van der Waals surface area contributed by atoms with Gasteiger partial charge in [-0.15, -0.1) is 0 Å². The first-order valence-electron chi connectivity index (χ1n) is 5.38. The van der Waals surface area contributed by atoms with Crippen LogP contribution in [-0.4, -0.2) is 58.8 Å². The van der Waals surface area contributed by atoms with Gasteiger partial charge in [-0.05, 0) is 12.2 Å². The third-order valence-electron chi connectivity index (χ3n) is 3.22. The molecule has 0 aromatic rings. The number of rotatable bonds is 2. The van der Waals surface area contributed by atoms with Crippen molar-refractivity contribution in [3.63, 3.8) is 0 Å². The molecule has 0 aromatic carbocycles. The highest BCUT2D eigenvalue weighted by Gasteiger charge is 2.38. The second-order valence-corrected chi connectivity index (χ2v) is 5.58. The molecule has 1 N–H and O–H groups in total. The number of ether oxygens (including phenoxy) is 1. The predicted molar refractivity (Wildman–Crippen MR) is 59.3 cm³/mol. The van der Waals surface area contributed by atoms with Crippen molar-refractivity contribution in [1.82, 2.24) is 4.90 Å². The van der Waals surface area contributed by atoms with Crippen molar-refractivity contribution in [2.45, 2.75) is 30.7 Å². The zero-order chi connectivity index (χ0) is 10.8. The number of carboxylic acids is 1. The maximum Gasteiger partial charge on any atom is 0.323 e. The van der Waals surface area contributed by atoms with Crippen molar-refractivity contribution in [3.8, 4) is 0 Å². The van der Waals surface area contributed by atoms with Crippen LogP contribution in [0.2, 0.25) is 0 Å². The van der Waals surface area contributed by atoms with E-state index in [1.807, 2.05) is 11.8 Å². The Morgan fingerprint density at radius 1 is 1.60 bits per heavy atom. The predicted octanol–water partition coefficient (Wildman–Crippen LogP) is 0.666. The lowest BCUT2D eigenvalue weighted by molar-refractivity contribution is -0.151. The summed E-state index contributed by atoms with van der Waals surface area (Å²) in [6.45, 7) is 3.95. The first-order valence-corrected chi connectivity index (χ1v) is 6.43. The fourth-order valence-electron chi connectivity index (χ4n) is 2.38. The molecule has 2 heterocycles. The molecule has 0 amide bonds. The number of nitrogens with zero attached hydrogens (tertiary/aromatic N) is 1. The van der Waals surface area contributed by atoms with Gasteiger partial charge in [0, 0.05) is 17.8 Å². The molecule has 0 spiro atoms. The molecule has 0 aromatic heterocycles. The lowest BCUT2D eigenvalue weighted by atomic mass is 10.1. The molecule has 5 heteroatoms. The zero-order valence-corrected chi connectivity index (χ0v) is 9.70. The maximum atomic E-state index is 11.1. The highest BCUT2D eigenvalue weighted by Crippen LogP contribution is 2.32. The van der Waals surface area contributed by atoms with Crippen LogP contribution in [0.3, 0.4) is 0 Å². The van der Waals surface area contributed by atoms with Crippen molar-refractivity contribution in [2.75, 3.05) is 25.5 Å². The minimum absolute atomic E-state index is 0.337. The molecule has 86 valence electrons. The molecule has 2 fully saturated rings. The van der Waals surface area contributed by atoms with E-state index in [4.69, 9.17) is 9.84 Å². The first-order chi connectivity index (χ1) is 7.20. The fraction of sp³-hybridized carbons (Fsp3) is 0.900. The summed E-state index contributed by atoms with van der Waals surface area (Å²) in [4.78, 5) is 13.2. The summed E-state index contributed by atoms with van der Waals surface area (Å²) < 4.78 is 5.24. The van der Waals surface area contributed by atoms with Gasteiger partial charge in [-0.3, -0.25) is 9.69 Å². The van der Waals surface area contributed by atoms with Gasteiger partial charge in [0.2, 0.25) is 0 Å². The Morgan fingerprint density at radius 2 is 2.40 bits per heavy atom. The molecule has 2 aliphatic heterocycles. The summed E-state index contributed by atoms with van der Waals surface area (Å²) in [7, 11) is 0. The van der Waals surface area contributed by atoms with Crippen LogP contribution < -0.4 is 0 Å². The fourth-order valence-corrected chi connectivity index (χ4v) is 3.65. The Morgan fingerprint density at radius 3 is 3.00 bits per heavy atom. The van der Waals surface area contributed by atoms with E-state index in [0.717, 1.165) is 18.7 Å². The SMILES string of the molecule is CC1SCCC1N1CCOCC1C(=O)O. The van der Waals surface area contributed by atoms with Crippen molar-refractivity contribution < 1.29 is 14.6 Å². The molecule has 0 saturated carbocycles. The van der Waals surface area contributed by atoms with Crippen molar-refractivity contribution in [1.29, 1.82) is 0 Å². The van der Waals surface area contributed by atoms with E-state index in [0.29, 0.717) is 24.5 Å². The summed E-state index contributed by atoms with van der Waals surface area (Å²) >= 11 is 1.94. The normalized spacial score (nSPS) is 38.1. The van der Waals surface area contributed by atoms with Gasteiger partial charge in [0.05, 0.1) is 13.2 Å². The van der Waals surface area contributed by atoms with E-state index < -0.39 is 12.0 Å². The van der Waals surface area contributed by atoms with E-state index in [-0.39, 0.29) is 0 Å². The minimum Gasteiger partial charge on any atom is -0.480 e. The summed E-state index contributed by atoms with van der Waals surface area (Å²) in [5, 5.41) is 9.67. The van der Waals surface area contributed by atoms with Gasteiger partial charge < -0.3 is 9.84 Å². The Labute approximate surface area is 94.0 Å². The van der Waals surface area contributed by atoms with Gasteiger partial charge in [0.25, 0.3) is 0 Å². The average molecular weight is 231 g/mol. The summed E-state index contributed by atoms with van der Waals surface area (Å²) in [5.74, 6) is 0.397. The maximum absolute atomic E-state index is 11.1. The van der Waals surface area contributed by atoms with Gasteiger partial charge >= 0.3 is 5.97 Å². The zero-order valence-electron chi connectivity index (χ0n) is 8.89. The number of carboxylic acid groups (broad SMARTS) is 1. The van der Waals surface area contributed by atoms with E-state index in [1.54, 1.807) is 0 Å². The molecule has 2 saturated heterocycles. The number of hydrogen-bond donors (Lipinski definition) is 1. The molecular formula is C10H17NO3S. The monoisotopic (exact) mass is 231 g/mol. The van der Waals surface area contributed by atoms with Crippen molar-refractivity contribution >= 4 is 17.7 Å². The summed E-state index contributed by atoms with van der Waals surface area (Å²) in [6.07, 6.45) is 1.11. The summed E-state index contributed by atoms with van der Waals surface area (Å²) in [5.41, 5.74) is 0. The first kappa shape index (κ1) is 11.2. The van der Waals surface area contributed by atoms with Gasteiger partial charge in [-0.1, -0.05) is 6.92 Å². The highest BCUT2D eigenvalue weighted by molar-refractivity contribution is 8.00. The number of carbonyl (C=O) groups is 1. The lowest BCUT2D eigenvalue weighted by Crippen LogP contribution is -2.55. The van der Waals surface area contributed by atoms with Crippen molar-refractivity contribution in [3.05, 3.63) is 0 Å². The quantitative estimate of drug-likeness (QED) is 0.757. The van der Waals surface area contributed by atoms with E-state index >= 15 is 0 Å². The third-order valence-corrected chi connectivity index (χ3v) is 4.53. The van der Waals surface area contributed by atoms with E-state index in [9.17, 15) is 4.79 Å². The molecule has 0 aliphatic carbocycles. The molecule has 15 heavy (non-hydrogen) atoms. The van der Waals surface area contributed by atoms with Gasteiger partial charge in [0.15, 0.2) is 0 Å². The molecule has 0 bridgehead atoms. The molecule has 0 radical (unpaired) electrons. The van der Waals surface area contributed by atoms with Crippen molar-refractivity contribution in [2.24, 2.45) is 0 Å². The number of aliphatic carboxylic acids is 1. The van der Waals surface area contributed by atoms with E-state index in [2.05, 4.69) is 11.8 Å². The average Bonchev–Trinajstić information content (AvgIpc) is 2.64. The van der Waals surface area contributed by atoms with Crippen LogP contribution in [0.15, 0.2) is 0 Å². The number of morpholine rings is 1. The molecule has 2 rings (SSSR count). The highest BCUT2D eigenvalue weighted by atomic mass is 32.2. The molecule has 4 nitrogen and oxygen atoms in total. The summed E-state index contributed by atoms with van der Waals surface area (Å²) in [6, 6.07) is -0.0232. The third kappa shape index (κ3) is 2.29. The Balaban J connectivity index is 2.06. The van der Waals surface area contributed by atoms with Crippen LogP contribution in [0, 0.1) is 0 Å². The largest absolute Gasteiger partial charge is 0.480 e. The molecule has 2 aliphatic rings. The Bertz CT molecular complexity index is 249. The van der Waals surface area contributed by atoms with Gasteiger partial charge in [0.1, 0.15) is 6.04 Å². The van der Waals surface area contributed by atoms with Crippen LogP contribution in [-0.2, 0) is 9.53 Å². The Hall–Kier alpha value is -0.260. The minimum atomic E-state index is -0.751. The van der Waals surface area contributed by atoms with Crippen LogP contribution in [0.1, 0.15) is 13.3 Å². The number of thioether (sulfide) groups is 1. The standard InChI is InChI=1S/C10H17NO3S/c1-7-8(2-5-15-7)11-3-4-14-6-9(11)10(12)13/h7-9H,2-6H2,1H3,(H,12,13). The lowest BCUT2D eigenvalue weighted by Gasteiger charge is -2.38. The molecule has 3 atom stereocenters. The second kappa shape index (κ2) is 4.72. The van der Waals surface area contributed by atoms with Crippen LogP contribution in [0.25, 0.3) is 0 Å². The van der Waals surface area contributed by atoms with Gasteiger partial charge in [-0.25, -0.2) is 0 Å². The second-order valence-electron chi connectivity index (χ2n) is 4.10. The van der Waals surface area contributed by atoms with Crippen LogP contribution >= 0.6 is 11.8 Å². The topological polar surface area (TPSA) is 49.8 Å². The Kier molecular flexibility index (Phi) is 3.53. The smallest absolute Gasteiger partial charge is 0.323 e. The van der Waals surface area contributed by atoms with E-state index in [1.165, 1.54) is 0 Å².